The Labute approximate surface area is 309 Å². The fourth-order valence-electron chi connectivity index (χ4n) is 9.69. The summed E-state index contributed by atoms with van der Waals surface area (Å²) in [7, 11) is 0. The number of furan rings is 1. The number of nitrogens with zero attached hydrogens (tertiary/aromatic N) is 2. The van der Waals surface area contributed by atoms with Gasteiger partial charge in [-0.3, -0.25) is 0 Å². The lowest BCUT2D eigenvalue weighted by atomic mass is 9.75. The summed E-state index contributed by atoms with van der Waals surface area (Å²) in [6.45, 7) is 15.7. The van der Waals surface area contributed by atoms with E-state index in [9.17, 15) is 0 Å². The molecule has 0 radical (unpaired) electrons. The van der Waals surface area contributed by atoms with Crippen molar-refractivity contribution in [1.29, 1.82) is 0 Å². The third kappa shape index (κ3) is 4.37. The van der Waals surface area contributed by atoms with Gasteiger partial charge in [0.05, 0.1) is 15.8 Å². The van der Waals surface area contributed by atoms with Gasteiger partial charge in [-0.2, -0.15) is 9.13 Å². The molecule has 0 N–H and O–H groups in total. The molecule has 4 aromatic carbocycles. The normalized spacial score (nSPS) is 17.5. The second kappa shape index (κ2) is 11.6. The summed E-state index contributed by atoms with van der Waals surface area (Å²) < 4.78 is 13.5. The molecule has 10 rings (SSSR count). The molecule has 0 fully saturated rings. The monoisotopic (exact) mass is 694 g/mol. The van der Waals surface area contributed by atoms with E-state index in [4.69, 9.17) is 4.42 Å². The van der Waals surface area contributed by atoms with Gasteiger partial charge in [0.2, 0.25) is 11.4 Å². The van der Waals surface area contributed by atoms with E-state index in [1.54, 1.807) is 0 Å². The van der Waals surface area contributed by atoms with Gasteiger partial charge in [0, 0.05) is 51.4 Å². The molecule has 3 nitrogen and oxygen atoms in total. The minimum absolute atomic E-state index is 0.0304. The molecule has 6 heterocycles. The molecule has 4 heteroatoms. The SMILES string of the molecule is C=CCC1C(C2c3ccc4c(oc5c4ccc4cc(C)sc45)c3-c3cc(C(C)C)c(-c4c(C)cccc4C)c[n+]32)c2ccccc2-c2cccc[n+]21. The number of fused-ring (bicyclic) bond motifs is 12. The van der Waals surface area contributed by atoms with Gasteiger partial charge in [-0.25, -0.2) is 0 Å². The van der Waals surface area contributed by atoms with E-state index < -0.39 is 0 Å². The van der Waals surface area contributed by atoms with Gasteiger partial charge < -0.3 is 4.42 Å². The highest BCUT2D eigenvalue weighted by Crippen LogP contribution is 2.53. The first-order chi connectivity index (χ1) is 25.3. The van der Waals surface area contributed by atoms with Gasteiger partial charge in [0.25, 0.3) is 0 Å². The zero-order valence-corrected chi connectivity index (χ0v) is 31.2. The summed E-state index contributed by atoms with van der Waals surface area (Å²) in [5.41, 5.74) is 16.4. The molecule has 0 saturated carbocycles. The molecule has 0 spiro atoms. The predicted molar refractivity (Wildman–Crippen MR) is 215 cm³/mol. The Balaban J connectivity index is 1.33. The van der Waals surface area contributed by atoms with Crippen LogP contribution in [0.25, 0.3) is 65.7 Å². The van der Waals surface area contributed by atoms with Crippen molar-refractivity contribution in [3.8, 4) is 33.6 Å². The third-order valence-corrected chi connectivity index (χ3v) is 12.9. The van der Waals surface area contributed by atoms with E-state index >= 15 is 0 Å². The zero-order chi connectivity index (χ0) is 35.4. The number of benzene rings is 4. The average Bonchev–Trinajstić information content (AvgIpc) is 3.81. The number of hydrogen-bond donors (Lipinski definition) is 0. The smallest absolute Gasteiger partial charge is 0.217 e. The Morgan fingerprint density at radius 1 is 0.750 bits per heavy atom. The molecule has 2 aliphatic heterocycles. The molecule has 8 aromatic rings. The Bertz CT molecular complexity index is 2760. The molecule has 0 amide bonds. The van der Waals surface area contributed by atoms with Gasteiger partial charge in [0.1, 0.15) is 11.5 Å². The van der Waals surface area contributed by atoms with Crippen molar-refractivity contribution in [2.45, 2.75) is 65.0 Å². The molecule has 0 aliphatic carbocycles. The lowest BCUT2D eigenvalue weighted by molar-refractivity contribution is -0.745. The molecule has 3 atom stereocenters. The molecular weight excluding hydrogens is 653 g/mol. The van der Waals surface area contributed by atoms with Crippen molar-refractivity contribution in [3.05, 3.63) is 155 Å². The van der Waals surface area contributed by atoms with Crippen LogP contribution in [-0.2, 0) is 0 Å². The summed E-state index contributed by atoms with van der Waals surface area (Å²) in [5.74, 6) is 0.473. The third-order valence-electron chi connectivity index (χ3n) is 11.9. The van der Waals surface area contributed by atoms with Gasteiger partial charge in [-0.15, -0.1) is 17.9 Å². The topological polar surface area (TPSA) is 20.9 Å². The Morgan fingerprint density at radius 3 is 2.33 bits per heavy atom. The summed E-state index contributed by atoms with van der Waals surface area (Å²) >= 11 is 1.83. The molecule has 0 saturated heterocycles. The number of rotatable bonds is 5. The maximum absolute atomic E-state index is 7.14. The summed E-state index contributed by atoms with van der Waals surface area (Å²) in [6, 6.07) is 36.6. The first-order valence-corrected chi connectivity index (χ1v) is 19.4. The van der Waals surface area contributed by atoms with Crippen LogP contribution in [-0.4, -0.2) is 0 Å². The van der Waals surface area contributed by atoms with Crippen molar-refractivity contribution in [1.82, 2.24) is 0 Å². The van der Waals surface area contributed by atoms with E-state index in [2.05, 4.69) is 166 Å². The minimum atomic E-state index is 0.0304. The van der Waals surface area contributed by atoms with Crippen molar-refractivity contribution >= 4 is 43.4 Å². The second-order valence-corrected chi connectivity index (χ2v) is 16.5. The van der Waals surface area contributed by atoms with Crippen LogP contribution in [0, 0.1) is 20.8 Å². The molecule has 2 aliphatic rings. The Hall–Kier alpha value is -5.32. The van der Waals surface area contributed by atoms with E-state index in [1.807, 2.05) is 11.3 Å². The standard InChI is InChI=1S/C48H42N2OS/c1-7-13-40-43(33-17-9-8-16-32(33)39-18-10-11-23-49(39)40)45-36-22-21-34-35-20-19-31-24-30(6)52-48(31)47(35)51-46(34)44(36)41-25-37(27(2)3)38(26-50(41)45)42-28(4)14-12-15-29(42)5/h7-12,14-27,40,43,45H,1,13H2,2-6H3/q+2. The summed E-state index contributed by atoms with van der Waals surface area (Å²) in [6.07, 6.45) is 7.74. The Kier molecular flexibility index (Phi) is 7.01. The summed E-state index contributed by atoms with van der Waals surface area (Å²) in [4.78, 5) is 1.30. The highest BCUT2D eigenvalue weighted by atomic mass is 32.1. The Morgan fingerprint density at radius 2 is 1.52 bits per heavy atom. The zero-order valence-electron chi connectivity index (χ0n) is 30.4. The second-order valence-electron chi connectivity index (χ2n) is 15.2. The van der Waals surface area contributed by atoms with Crippen molar-refractivity contribution in [2.24, 2.45) is 0 Å². The molecule has 4 aromatic heterocycles. The van der Waals surface area contributed by atoms with Crippen molar-refractivity contribution < 1.29 is 13.6 Å². The van der Waals surface area contributed by atoms with Crippen LogP contribution in [0.2, 0.25) is 0 Å². The van der Waals surface area contributed by atoms with Crippen LogP contribution < -0.4 is 9.13 Å². The van der Waals surface area contributed by atoms with Gasteiger partial charge in [0.15, 0.2) is 30.1 Å². The molecule has 52 heavy (non-hydrogen) atoms. The number of hydrogen-bond acceptors (Lipinski definition) is 2. The molecule has 0 bridgehead atoms. The van der Waals surface area contributed by atoms with Crippen LogP contribution in [0.4, 0.5) is 0 Å². The lowest BCUT2D eigenvalue weighted by Gasteiger charge is -2.32. The number of thiophene rings is 1. The van der Waals surface area contributed by atoms with Crippen LogP contribution >= 0.6 is 11.3 Å². The van der Waals surface area contributed by atoms with Gasteiger partial charge in [-0.1, -0.05) is 68.5 Å². The number of aryl methyl sites for hydroxylation is 3. The molecule has 3 unspecified atom stereocenters. The maximum atomic E-state index is 7.14. The highest BCUT2D eigenvalue weighted by molar-refractivity contribution is 7.20. The van der Waals surface area contributed by atoms with Crippen LogP contribution in [0.5, 0.6) is 0 Å². The quantitative estimate of drug-likeness (QED) is 0.130. The fourth-order valence-corrected chi connectivity index (χ4v) is 10.7. The van der Waals surface area contributed by atoms with Crippen LogP contribution in [0.15, 0.2) is 127 Å². The summed E-state index contributed by atoms with van der Waals surface area (Å²) in [5, 5.41) is 3.63. The lowest BCUT2D eigenvalue weighted by Crippen LogP contribution is -2.53. The van der Waals surface area contributed by atoms with Crippen LogP contribution in [0.1, 0.15) is 76.9 Å². The van der Waals surface area contributed by atoms with Gasteiger partial charge in [-0.05, 0) is 90.2 Å². The minimum Gasteiger partial charge on any atom is -0.454 e. The predicted octanol–water partition coefficient (Wildman–Crippen LogP) is 12.2. The number of allylic oxidation sites excluding steroid dienone is 1. The number of aromatic nitrogens is 2. The number of pyridine rings is 2. The van der Waals surface area contributed by atoms with Crippen LogP contribution in [0.3, 0.4) is 0 Å². The van der Waals surface area contributed by atoms with E-state index in [-0.39, 0.29) is 18.0 Å². The van der Waals surface area contributed by atoms with Gasteiger partial charge >= 0.3 is 0 Å². The first kappa shape index (κ1) is 31.4. The van der Waals surface area contributed by atoms with E-state index in [0.29, 0.717) is 5.92 Å². The average molecular weight is 695 g/mol. The molecular formula is C48H42N2OS+2. The van der Waals surface area contributed by atoms with Crippen molar-refractivity contribution in [3.63, 3.8) is 0 Å². The van der Waals surface area contributed by atoms with E-state index in [0.717, 1.165) is 17.6 Å². The van der Waals surface area contributed by atoms with E-state index in [1.165, 1.54) is 87.2 Å². The largest absolute Gasteiger partial charge is 0.454 e. The first-order valence-electron chi connectivity index (χ1n) is 18.6. The highest BCUT2D eigenvalue weighted by Gasteiger charge is 2.53. The van der Waals surface area contributed by atoms with Crippen molar-refractivity contribution in [2.75, 3.05) is 0 Å². The maximum Gasteiger partial charge on any atom is 0.217 e. The fraction of sp³-hybridized carbons (Fsp3) is 0.208. The molecule has 254 valence electrons.